The molecule has 0 radical (unpaired) electrons. The molecule has 1 aromatic carbocycles. The number of likely N-dealkylation sites (tertiary alicyclic amines) is 1. The highest BCUT2D eigenvalue weighted by molar-refractivity contribution is 6.06. The topological polar surface area (TPSA) is 62.3 Å². The van der Waals surface area contributed by atoms with E-state index in [0.29, 0.717) is 11.1 Å². The van der Waals surface area contributed by atoms with E-state index in [0.717, 1.165) is 43.6 Å². The van der Waals surface area contributed by atoms with Crippen LogP contribution in [0.3, 0.4) is 0 Å². The van der Waals surface area contributed by atoms with Crippen molar-refractivity contribution < 1.29 is 9.59 Å². The van der Waals surface area contributed by atoms with Gasteiger partial charge in [-0.25, -0.2) is 0 Å². The minimum Gasteiger partial charge on any atom is -0.339 e. The maximum Gasteiger partial charge on any atom is 0.257 e. The Labute approximate surface area is 154 Å². The highest BCUT2D eigenvalue weighted by Gasteiger charge is 2.19. The van der Waals surface area contributed by atoms with E-state index >= 15 is 0 Å². The molecule has 136 valence electrons. The highest BCUT2D eigenvalue weighted by atomic mass is 16.2. The fourth-order valence-electron chi connectivity index (χ4n) is 3.28. The molecule has 0 atom stereocenters. The van der Waals surface area contributed by atoms with Gasteiger partial charge in [-0.05, 0) is 37.0 Å². The van der Waals surface area contributed by atoms with Crippen molar-refractivity contribution in [3.63, 3.8) is 0 Å². The molecule has 26 heavy (non-hydrogen) atoms. The fraction of sp³-hybridized carbons (Fsp3) is 0.381. The second-order valence-corrected chi connectivity index (χ2v) is 6.63. The molecule has 1 saturated heterocycles. The first kappa shape index (κ1) is 18.1. The third-order valence-electron chi connectivity index (χ3n) is 4.79. The van der Waals surface area contributed by atoms with Crippen LogP contribution in [0.2, 0.25) is 0 Å². The standard InChI is InChI=1S/C21H25N3O2/c1-2-16-9-5-6-10-19(16)23-20(25)17-13-18(15-22-14-17)21(26)24-11-7-3-4-8-12-24/h5-6,9-10,13-15H,2-4,7-8,11-12H2,1H3,(H,23,25). The molecule has 0 saturated carbocycles. The summed E-state index contributed by atoms with van der Waals surface area (Å²) in [6, 6.07) is 9.37. The van der Waals surface area contributed by atoms with Gasteiger partial charge in [0.2, 0.25) is 0 Å². The molecule has 1 aliphatic heterocycles. The zero-order valence-corrected chi connectivity index (χ0v) is 15.2. The van der Waals surface area contributed by atoms with Crippen LogP contribution in [0.5, 0.6) is 0 Å². The lowest BCUT2D eigenvalue weighted by molar-refractivity contribution is 0.0761. The second-order valence-electron chi connectivity index (χ2n) is 6.63. The van der Waals surface area contributed by atoms with E-state index in [9.17, 15) is 9.59 Å². The van der Waals surface area contributed by atoms with Gasteiger partial charge >= 0.3 is 0 Å². The summed E-state index contributed by atoms with van der Waals surface area (Å²) in [5.74, 6) is -0.285. The van der Waals surface area contributed by atoms with Gasteiger partial charge in [-0.15, -0.1) is 0 Å². The summed E-state index contributed by atoms with van der Waals surface area (Å²) in [5, 5.41) is 2.93. The zero-order valence-electron chi connectivity index (χ0n) is 15.2. The molecule has 2 aromatic rings. The predicted molar refractivity (Wildman–Crippen MR) is 102 cm³/mol. The number of pyridine rings is 1. The van der Waals surface area contributed by atoms with Gasteiger partial charge in [0.25, 0.3) is 11.8 Å². The maximum atomic E-state index is 12.7. The van der Waals surface area contributed by atoms with Gasteiger partial charge in [0.1, 0.15) is 0 Å². The Morgan fingerprint density at radius 3 is 2.46 bits per heavy atom. The first-order valence-electron chi connectivity index (χ1n) is 9.32. The van der Waals surface area contributed by atoms with Crippen LogP contribution in [0.25, 0.3) is 0 Å². The van der Waals surface area contributed by atoms with Crippen molar-refractivity contribution in [2.45, 2.75) is 39.0 Å². The second kappa shape index (κ2) is 8.61. The van der Waals surface area contributed by atoms with Crippen LogP contribution in [0.1, 0.15) is 58.9 Å². The largest absolute Gasteiger partial charge is 0.339 e. The Bertz CT molecular complexity index is 780. The van der Waals surface area contributed by atoms with Crippen LogP contribution in [0, 0.1) is 0 Å². The summed E-state index contributed by atoms with van der Waals surface area (Å²) in [5.41, 5.74) is 2.75. The van der Waals surface area contributed by atoms with E-state index in [4.69, 9.17) is 0 Å². The van der Waals surface area contributed by atoms with Crippen LogP contribution in [0.4, 0.5) is 5.69 Å². The third kappa shape index (κ3) is 4.28. The van der Waals surface area contributed by atoms with Crippen LogP contribution >= 0.6 is 0 Å². The number of para-hydroxylation sites is 1. The Balaban J connectivity index is 1.75. The quantitative estimate of drug-likeness (QED) is 0.908. The molecular weight excluding hydrogens is 326 g/mol. The molecule has 1 fully saturated rings. The molecule has 2 heterocycles. The highest BCUT2D eigenvalue weighted by Crippen LogP contribution is 2.18. The predicted octanol–water partition coefficient (Wildman–Crippen LogP) is 3.91. The number of amides is 2. The summed E-state index contributed by atoms with van der Waals surface area (Å²) in [6.07, 6.45) is 8.29. The molecule has 0 aliphatic carbocycles. The van der Waals surface area contributed by atoms with E-state index < -0.39 is 0 Å². The molecule has 0 spiro atoms. The van der Waals surface area contributed by atoms with Crippen LogP contribution in [-0.4, -0.2) is 34.8 Å². The summed E-state index contributed by atoms with van der Waals surface area (Å²) >= 11 is 0. The average Bonchev–Trinajstić information content (AvgIpc) is 2.97. The molecule has 1 aromatic heterocycles. The molecular formula is C21H25N3O2. The number of hydrogen-bond donors (Lipinski definition) is 1. The number of carbonyl (C=O) groups excluding carboxylic acids is 2. The van der Waals surface area contributed by atoms with Crippen LogP contribution < -0.4 is 5.32 Å². The van der Waals surface area contributed by atoms with Crippen molar-refractivity contribution in [3.05, 3.63) is 59.4 Å². The lowest BCUT2D eigenvalue weighted by atomic mass is 10.1. The minimum atomic E-state index is -0.246. The molecule has 3 rings (SSSR count). The molecule has 2 amide bonds. The first-order chi connectivity index (χ1) is 12.7. The molecule has 0 bridgehead atoms. The van der Waals surface area contributed by atoms with E-state index in [2.05, 4.69) is 10.3 Å². The average molecular weight is 351 g/mol. The monoisotopic (exact) mass is 351 g/mol. The van der Waals surface area contributed by atoms with Crippen molar-refractivity contribution >= 4 is 17.5 Å². The van der Waals surface area contributed by atoms with Crippen LogP contribution in [-0.2, 0) is 6.42 Å². The van der Waals surface area contributed by atoms with Gasteiger partial charge in [-0.1, -0.05) is 38.0 Å². The van der Waals surface area contributed by atoms with Crippen molar-refractivity contribution in [3.8, 4) is 0 Å². The number of aryl methyl sites for hydroxylation is 1. The number of carbonyl (C=O) groups is 2. The summed E-state index contributed by atoms with van der Waals surface area (Å²) < 4.78 is 0. The molecule has 5 nitrogen and oxygen atoms in total. The normalized spacial score (nSPS) is 14.6. The summed E-state index contributed by atoms with van der Waals surface area (Å²) in [6.45, 7) is 3.60. The lowest BCUT2D eigenvalue weighted by Gasteiger charge is -2.20. The third-order valence-corrected chi connectivity index (χ3v) is 4.79. The number of aromatic nitrogens is 1. The van der Waals surface area contributed by atoms with Crippen molar-refractivity contribution in [1.82, 2.24) is 9.88 Å². The molecule has 1 N–H and O–H groups in total. The first-order valence-corrected chi connectivity index (χ1v) is 9.32. The number of hydrogen-bond acceptors (Lipinski definition) is 3. The molecule has 0 unspecified atom stereocenters. The zero-order chi connectivity index (χ0) is 18.4. The lowest BCUT2D eigenvalue weighted by Crippen LogP contribution is -2.32. The van der Waals surface area contributed by atoms with Gasteiger partial charge < -0.3 is 10.2 Å². The molecule has 5 heteroatoms. The Morgan fingerprint density at radius 2 is 1.73 bits per heavy atom. The van der Waals surface area contributed by atoms with Gasteiger partial charge in [-0.3, -0.25) is 14.6 Å². The van der Waals surface area contributed by atoms with Gasteiger partial charge in [0.15, 0.2) is 0 Å². The van der Waals surface area contributed by atoms with E-state index in [-0.39, 0.29) is 11.8 Å². The Kier molecular flexibility index (Phi) is 6.00. The van der Waals surface area contributed by atoms with Crippen molar-refractivity contribution in [2.24, 2.45) is 0 Å². The Morgan fingerprint density at radius 1 is 1.04 bits per heavy atom. The summed E-state index contributed by atoms with van der Waals surface area (Å²) in [4.78, 5) is 31.3. The summed E-state index contributed by atoms with van der Waals surface area (Å²) in [7, 11) is 0. The number of anilines is 1. The maximum absolute atomic E-state index is 12.7. The number of rotatable bonds is 4. The number of benzene rings is 1. The van der Waals surface area contributed by atoms with Crippen LogP contribution in [0.15, 0.2) is 42.7 Å². The van der Waals surface area contributed by atoms with E-state index in [1.54, 1.807) is 12.3 Å². The van der Waals surface area contributed by atoms with E-state index in [1.165, 1.54) is 19.0 Å². The smallest absolute Gasteiger partial charge is 0.257 e. The fourth-order valence-corrected chi connectivity index (χ4v) is 3.28. The van der Waals surface area contributed by atoms with Crippen molar-refractivity contribution in [2.75, 3.05) is 18.4 Å². The van der Waals surface area contributed by atoms with Crippen molar-refractivity contribution in [1.29, 1.82) is 0 Å². The van der Waals surface area contributed by atoms with Gasteiger partial charge in [0, 0.05) is 31.2 Å². The van der Waals surface area contributed by atoms with Gasteiger partial charge in [-0.2, -0.15) is 0 Å². The number of nitrogens with zero attached hydrogens (tertiary/aromatic N) is 2. The molecule has 1 aliphatic rings. The van der Waals surface area contributed by atoms with Gasteiger partial charge in [0.05, 0.1) is 11.1 Å². The minimum absolute atomic E-state index is 0.0389. The Hall–Kier alpha value is -2.69. The SMILES string of the molecule is CCc1ccccc1NC(=O)c1cncc(C(=O)N2CCCCCC2)c1. The van der Waals surface area contributed by atoms with E-state index in [1.807, 2.05) is 36.1 Å². The number of nitrogens with one attached hydrogen (secondary N) is 1.